The predicted octanol–water partition coefficient (Wildman–Crippen LogP) is 5.06. The molecule has 7 heteroatoms. The van der Waals surface area contributed by atoms with Crippen LogP contribution in [0, 0.1) is 0 Å². The van der Waals surface area contributed by atoms with Gasteiger partial charge in [-0.15, -0.1) is 0 Å². The number of hydrogen-bond acceptors (Lipinski definition) is 5. The molecule has 0 bridgehead atoms. The van der Waals surface area contributed by atoms with Crippen molar-refractivity contribution in [2.75, 3.05) is 29.5 Å². The summed E-state index contributed by atoms with van der Waals surface area (Å²) in [5.74, 6) is 0.138. The van der Waals surface area contributed by atoms with Crippen LogP contribution in [0.1, 0.15) is 32.6 Å². The van der Waals surface area contributed by atoms with Gasteiger partial charge in [0.2, 0.25) is 5.91 Å². The predicted molar refractivity (Wildman–Crippen MR) is 153 cm³/mol. The summed E-state index contributed by atoms with van der Waals surface area (Å²) in [7, 11) is 0. The zero-order valence-electron chi connectivity index (χ0n) is 20.6. The van der Waals surface area contributed by atoms with E-state index in [4.69, 9.17) is 5.73 Å². The maximum absolute atomic E-state index is 12.8. The van der Waals surface area contributed by atoms with E-state index in [0.717, 1.165) is 27.8 Å². The van der Waals surface area contributed by atoms with Gasteiger partial charge in [0.05, 0.1) is 16.9 Å². The quantitative estimate of drug-likeness (QED) is 0.142. The summed E-state index contributed by atoms with van der Waals surface area (Å²) in [5.41, 5.74) is 12.4. The number of anilines is 3. The van der Waals surface area contributed by atoms with Gasteiger partial charge in [0, 0.05) is 25.4 Å². The standard InChI is InChI=1S/C31H27N5O2/c32-27-11-5-6-12-28(27)36-31(38)23-15-16-29(35-20-23)33-17-18-34-30(37)19-26-24-9-3-1-7-21(24)13-14-22-8-2-4-10-25(22)26/h1-16,19-20H,17-18,32H2,(H,33,35)(H,34,37)(H,36,38). The molecule has 2 amide bonds. The number of aromatic nitrogens is 1. The van der Waals surface area contributed by atoms with Gasteiger partial charge in [-0.25, -0.2) is 4.98 Å². The fourth-order valence-corrected chi connectivity index (χ4v) is 4.25. The Morgan fingerprint density at radius 2 is 1.45 bits per heavy atom. The Bertz CT molecular complexity index is 1490. The highest BCUT2D eigenvalue weighted by Gasteiger charge is 2.16. The van der Waals surface area contributed by atoms with E-state index < -0.39 is 0 Å². The Hall–Kier alpha value is -5.17. The molecule has 0 radical (unpaired) electrons. The van der Waals surface area contributed by atoms with Crippen molar-refractivity contribution in [3.05, 3.63) is 125 Å². The lowest BCUT2D eigenvalue weighted by Gasteiger charge is -2.12. The van der Waals surface area contributed by atoms with Crippen LogP contribution in [0.2, 0.25) is 0 Å². The number of hydrogen-bond donors (Lipinski definition) is 4. The number of amides is 2. The largest absolute Gasteiger partial charge is 0.397 e. The van der Waals surface area contributed by atoms with Crippen molar-refractivity contribution in [1.29, 1.82) is 0 Å². The Morgan fingerprint density at radius 1 is 0.789 bits per heavy atom. The Balaban J connectivity index is 1.17. The minimum absolute atomic E-state index is 0.173. The van der Waals surface area contributed by atoms with Gasteiger partial charge in [-0.05, 0) is 52.1 Å². The van der Waals surface area contributed by atoms with Gasteiger partial charge in [-0.3, -0.25) is 9.59 Å². The molecule has 7 nitrogen and oxygen atoms in total. The van der Waals surface area contributed by atoms with Crippen molar-refractivity contribution < 1.29 is 9.59 Å². The van der Waals surface area contributed by atoms with Gasteiger partial charge in [0.25, 0.3) is 5.91 Å². The summed E-state index contributed by atoms with van der Waals surface area (Å²) >= 11 is 0. The van der Waals surface area contributed by atoms with Gasteiger partial charge in [0.1, 0.15) is 5.82 Å². The maximum Gasteiger partial charge on any atom is 0.257 e. The van der Waals surface area contributed by atoms with Crippen LogP contribution in [0.4, 0.5) is 17.2 Å². The summed E-state index contributed by atoms with van der Waals surface area (Å²) in [6, 6.07) is 26.6. The van der Waals surface area contributed by atoms with E-state index in [1.807, 2.05) is 48.5 Å². The fraction of sp³-hybridized carbons (Fsp3) is 0.0645. The monoisotopic (exact) mass is 501 g/mol. The normalized spacial score (nSPS) is 11.5. The number of nitrogens with one attached hydrogen (secondary N) is 3. The van der Waals surface area contributed by atoms with Crippen LogP contribution >= 0.6 is 0 Å². The minimum atomic E-state index is -0.292. The Labute approximate surface area is 221 Å². The SMILES string of the molecule is Nc1ccccc1NC(=O)c1ccc(NCCNC(=O)C=C2c3ccccc3C=Cc3ccccc32)nc1. The molecule has 1 heterocycles. The van der Waals surface area contributed by atoms with Crippen LogP contribution in [-0.2, 0) is 4.79 Å². The molecule has 0 atom stereocenters. The van der Waals surface area contributed by atoms with Crippen molar-refractivity contribution in [1.82, 2.24) is 10.3 Å². The first-order valence-corrected chi connectivity index (χ1v) is 12.3. The molecule has 3 aromatic carbocycles. The fourth-order valence-electron chi connectivity index (χ4n) is 4.25. The number of carbonyl (C=O) groups is 2. The number of fused-ring (bicyclic) bond motifs is 2. The third-order valence-corrected chi connectivity index (χ3v) is 6.18. The number of nitrogens with two attached hydrogens (primary N) is 1. The van der Waals surface area contributed by atoms with Gasteiger partial charge < -0.3 is 21.7 Å². The zero-order valence-corrected chi connectivity index (χ0v) is 20.6. The lowest BCUT2D eigenvalue weighted by Crippen LogP contribution is -2.27. The van der Waals surface area contributed by atoms with Gasteiger partial charge >= 0.3 is 0 Å². The molecular weight excluding hydrogens is 474 g/mol. The number of nitrogen functional groups attached to an aromatic ring is 1. The third-order valence-electron chi connectivity index (χ3n) is 6.18. The summed E-state index contributed by atoms with van der Waals surface area (Å²) in [5, 5.41) is 8.88. The number of benzene rings is 3. The van der Waals surface area contributed by atoms with Crippen molar-refractivity contribution in [2.45, 2.75) is 0 Å². The molecule has 5 rings (SSSR count). The Morgan fingerprint density at radius 3 is 2.11 bits per heavy atom. The first-order chi connectivity index (χ1) is 18.6. The van der Waals surface area contributed by atoms with Gasteiger partial charge in [-0.2, -0.15) is 0 Å². The van der Waals surface area contributed by atoms with Crippen LogP contribution in [0.15, 0.2) is 97.2 Å². The smallest absolute Gasteiger partial charge is 0.257 e. The highest BCUT2D eigenvalue weighted by atomic mass is 16.2. The molecule has 1 aliphatic carbocycles. The van der Waals surface area contributed by atoms with E-state index in [-0.39, 0.29) is 11.8 Å². The molecule has 0 saturated heterocycles. The molecular formula is C31H27N5O2. The van der Waals surface area contributed by atoms with Crippen LogP contribution in [-0.4, -0.2) is 29.9 Å². The molecule has 38 heavy (non-hydrogen) atoms. The minimum Gasteiger partial charge on any atom is -0.397 e. The first-order valence-electron chi connectivity index (χ1n) is 12.3. The van der Waals surface area contributed by atoms with Crippen LogP contribution in [0.25, 0.3) is 17.7 Å². The molecule has 0 aliphatic heterocycles. The van der Waals surface area contributed by atoms with Crippen molar-refractivity contribution in [2.24, 2.45) is 0 Å². The highest BCUT2D eigenvalue weighted by molar-refractivity contribution is 6.05. The Kier molecular flexibility index (Phi) is 7.27. The van der Waals surface area contributed by atoms with Crippen LogP contribution < -0.4 is 21.7 Å². The molecule has 5 N–H and O–H groups in total. The average Bonchev–Trinajstić information content (AvgIpc) is 3.10. The molecule has 4 aromatic rings. The molecule has 0 fully saturated rings. The highest BCUT2D eigenvalue weighted by Crippen LogP contribution is 2.33. The van der Waals surface area contributed by atoms with E-state index in [1.165, 1.54) is 6.20 Å². The number of pyridine rings is 1. The number of nitrogens with zero attached hydrogens (tertiary/aromatic N) is 1. The molecule has 188 valence electrons. The summed E-state index contributed by atoms with van der Waals surface area (Å²) in [6.07, 6.45) is 7.32. The second kappa shape index (κ2) is 11.3. The van der Waals surface area contributed by atoms with Gasteiger partial charge in [0.15, 0.2) is 0 Å². The summed E-state index contributed by atoms with van der Waals surface area (Å²) < 4.78 is 0. The second-order valence-electron chi connectivity index (χ2n) is 8.76. The van der Waals surface area contributed by atoms with Crippen LogP contribution in [0.3, 0.4) is 0 Å². The van der Waals surface area contributed by atoms with Crippen molar-refractivity contribution in [3.63, 3.8) is 0 Å². The first kappa shape index (κ1) is 24.5. The number of carbonyl (C=O) groups excluding carboxylic acids is 2. The summed E-state index contributed by atoms with van der Waals surface area (Å²) in [6.45, 7) is 0.879. The molecule has 1 aromatic heterocycles. The number of para-hydroxylation sites is 2. The van der Waals surface area contributed by atoms with Crippen molar-refractivity contribution in [3.8, 4) is 0 Å². The van der Waals surface area contributed by atoms with E-state index in [9.17, 15) is 9.59 Å². The zero-order chi connectivity index (χ0) is 26.3. The van der Waals surface area contributed by atoms with Gasteiger partial charge in [-0.1, -0.05) is 72.8 Å². The average molecular weight is 502 g/mol. The van der Waals surface area contributed by atoms with E-state index >= 15 is 0 Å². The molecule has 0 spiro atoms. The molecule has 1 aliphatic rings. The third kappa shape index (κ3) is 5.63. The van der Waals surface area contributed by atoms with Crippen molar-refractivity contribution >= 4 is 46.7 Å². The molecule has 0 unspecified atom stereocenters. The van der Waals surface area contributed by atoms with E-state index in [1.54, 1.807) is 42.5 Å². The van der Waals surface area contributed by atoms with E-state index in [0.29, 0.717) is 35.8 Å². The van der Waals surface area contributed by atoms with Crippen LogP contribution in [0.5, 0.6) is 0 Å². The lowest BCUT2D eigenvalue weighted by molar-refractivity contribution is -0.116. The lowest BCUT2D eigenvalue weighted by atomic mass is 9.93. The van der Waals surface area contributed by atoms with E-state index in [2.05, 4.69) is 33.1 Å². The topological polar surface area (TPSA) is 109 Å². The second-order valence-corrected chi connectivity index (χ2v) is 8.76. The summed E-state index contributed by atoms with van der Waals surface area (Å²) in [4.78, 5) is 29.6. The molecule has 0 saturated carbocycles. The number of rotatable bonds is 7. The maximum atomic E-state index is 12.8.